The van der Waals surface area contributed by atoms with E-state index < -0.39 is 29.3 Å². The molecular formula is C13H12F2INO3. The number of nitrogens with zero attached hydrogens (tertiary/aromatic N) is 1. The van der Waals surface area contributed by atoms with Gasteiger partial charge in [0.05, 0.1) is 12.2 Å². The van der Waals surface area contributed by atoms with Crippen molar-refractivity contribution < 1.29 is 23.1 Å². The van der Waals surface area contributed by atoms with Crippen molar-refractivity contribution in [3.8, 4) is 0 Å². The summed E-state index contributed by atoms with van der Waals surface area (Å²) in [6, 6.07) is 1.67. The summed E-state index contributed by atoms with van der Waals surface area (Å²) in [7, 11) is 1.38. The Labute approximate surface area is 128 Å². The fourth-order valence-electron chi connectivity index (χ4n) is 1.50. The van der Waals surface area contributed by atoms with Crippen LogP contribution in [0.2, 0.25) is 0 Å². The molecule has 0 amide bonds. The van der Waals surface area contributed by atoms with E-state index in [9.17, 15) is 18.4 Å². The van der Waals surface area contributed by atoms with Crippen LogP contribution < -0.4 is 0 Å². The minimum absolute atomic E-state index is 0.0865. The van der Waals surface area contributed by atoms with E-state index in [-0.39, 0.29) is 15.7 Å². The summed E-state index contributed by atoms with van der Waals surface area (Å²) in [5.74, 6) is -4.76. The number of Topliss-reactive ketones (excluding diaryl/α,β-unsaturated/α-hetero) is 1. The normalized spacial score (nSPS) is 12.4. The van der Waals surface area contributed by atoms with Crippen LogP contribution in [0.5, 0.6) is 0 Å². The van der Waals surface area contributed by atoms with Gasteiger partial charge in [0, 0.05) is 22.9 Å². The van der Waals surface area contributed by atoms with Crippen LogP contribution in [0, 0.1) is 21.1 Å². The maximum absolute atomic E-state index is 13.7. The van der Waals surface area contributed by atoms with Gasteiger partial charge < -0.3 is 4.74 Å². The van der Waals surface area contributed by atoms with Crippen LogP contribution in [0.4, 0.5) is 8.78 Å². The lowest BCUT2D eigenvalue weighted by atomic mass is 9.98. The second-order valence-corrected chi connectivity index (χ2v) is 4.91. The molecule has 0 N–H and O–H groups in total. The van der Waals surface area contributed by atoms with Gasteiger partial charge in [-0.2, -0.15) is 0 Å². The molecule has 0 saturated carbocycles. The van der Waals surface area contributed by atoms with Crippen LogP contribution in [0.25, 0.3) is 0 Å². The van der Waals surface area contributed by atoms with Crippen molar-refractivity contribution in [2.75, 3.05) is 13.7 Å². The summed E-state index contributed by atoms with van der Waals surface area (Å²) >= 11 is 1.64. The van der Waals surface area contributed by atoms with E-state index in [1.54, 1.807) is 29.5 Å². The third-order valence-electron chi connectivity index (χ3n) is 2.40. The zero-order valence-corrected chi connectivity index (χ0v) is 13.0. The number of ketones is 1. The average molecular weight is 395 g/mol. The molecule has 0 radical (unpaired) electrons. The Morgan fingerprint density at radius 1 is 1.40 bits per heavy atom. The van der Waals surface area contributed by atoms with Gasteiger partial charge in [-0.1, -0.05) is 0 Å². The predicted octanol–water partition coefficient (Wildman–Crippen LogP) is 2.63. The standard InChI is InChI=1S/C13H12F2INO3/c1-3-20-13(19)8(6-17-2)12(18)7-4-11(16)10(15)5-9(7)14/h4-6,8H,3H2,1-2H3. The summed E-state index contributed by atoms with van der Waals surface area (Å²) < 4.78 is 31.7. The molecule has 1 atom stereocenters. The number of benzene rings is 1. The fraction of sp³-hybridized carbons (Fsp3) is 0.308. The zero-order chi connectivity index (χ0) is 15.3. The van der Waals surface area contributed by atoms with E-state index in [1.165, 1.54) is 7.05 Å². The Balaban J connectivity index is 3.19. The highest BCUT2D eigenvalue weighted by molar-refractivity contribution is 14.1. The van der Waals surface area contributed by atoms with Gasteiger partial charge in [0.15, 0.2) is 11.7 Å². The highest BCUT2D eigenvalue weighted by atomic mass is 127. The van der Waals surface area contributed by atoms with Crippen LogP contribution in [0.15, 0.2) is 17.1 Å². The molecule has 7 heteroatoms. The summed E-state index contributed by atoms with van der Waals surface area (Å²) in [6.45, 7) is 1.67. The minimum atomic E-state index is -1.34. The van der Waals surface area contributed by atoms with E-state index in [0.29, 0.717) is 6.07 Å². The first-order valence-corrected chi connectivity index (χ1v) is 6.77. The van der Waals surface area contributed by atoms with Crippen LogP contribution >= 0.6 is 22.6 Å². The van der Waals surface area contributed by atoms with Gasteiger partial charge in [-0.3, -0.25) is 14.6 Å². The molecule has 0 saturated heterocycles. The highest BCUT2D eigenvalue weighted by Gasteiger charge is 2.29. The van der Waals surface area contributed by atoms with Crippen molar-refractivity contribution in [2.24, 2.45) is 10.9 Å². The number of carbonyl (C=O) groups is 2. The molecule has 1 rings (SSSR count). The zero-order valence-electron chi connectivity index (χ0n) is 10.8. The molecule has 1 aromatic rings. The maximum Gasteiger partial charge on any atom is 0.322 e. The number of aliphatic imine (C=N–C) groups is 1. The van der Waals surface area contributed by atoms with Crippen LogP contribution in [-0.2, 0) is 9.53 Å². The second kappa shape index (κ2) is 7.41. The van der Waals surface area contributed by atoms with Crippen molar-refractivity contribution in [3.63, 3.8) is 0 Å². The van der Waals surface area contributed by atoms with Gasteiger partial charge >= 0.3 is 5.97 Å². The Morgan fingerprint density at radius 3 is 2.60 bits per heavy atom. The molecule has 4 nitrogen and oxygen atoms in total. The monoisotopic (exact) mass is 395 g/mol. The highest BCUT2D eigenvalue weighted by Crippen LogP contribution is 2.20. The van der Waals surface area contributed by atoms with Gasteiger partial charge in [0.2, 0.25) is 0 Å². The molecular weight excluding hydrogens is 383 g/mol. The first-order valence-electron chi connectivity index (χ1n) is 5.70. The van der Waals surface area contributed by atoms with Gasteiger partial charge in [-0.05, 0) is 35.6 Å². The number of ether oxygens (including phenoxy) is 1. The van der Waals surface area contributed by atoms with E-state index in [1.807, 2.05) is 0 Å². The quantitative estimate of drug-likeness (QED) is 0.192. The molecule has 0 aromatic heterocycles. The summed E-state index contributed by atoms with van der Waals surface area (Å²) in [5, 5.41) is 0. The Kier molecular flexibility index (Phi) is 6.18. The number of esters is 1. The second-order valence-electron chi connectivity index (χ2n) is 3.75. The molecule has 20 heavy (non-hydrogen) atoms. The third-order valence-corrected chi connectivity index (χ3v) is 3.22. The van der Waals surface area contributed by atoms with E-state index in [2.05, 4.69) is 4.99 Å². The molecule has 1 aromatic carbocycles. The number of hydrogen-bond acceptors (Lipinski definition) is 4. The van der Waals surface area contributed by atoms with E-state index in [0.717, 1.165) is 12.3 Å². The van der Waals surface area contributed by atoms with Crippen molar-refractivity contribution >= 4 is 40.6 Å². The smallest absolute Gasteiger partial charge is 0.322 e. The Bertz CT molecular complexity index is 561. The van der Waals surface area contributed by atoms with Gasteiger partial charge in [0.1, 0.15) is 11.6 Å². The minimum Gasteiger partial charge on any atom is -0.465 e. The van der Waals surface area contributed by atoms with Gasteiger partial charge in [-0.15, -0.1) is 0 Å². The molecule has 0 spiro atoms. The van der Waals surface area contributed by atoms with Crippen molar-refractivity contribution in [3.05, 3.63) is 32.9 Å². The lowest BCUT2D eigenvalue weighted by Gasteiger charge is -2.11. The van der Waals surface area contributed by atoms with Gasteiger partial charge in [0.25, 0.3) is 0 Å². The lowest BCUT2D eigenvalue weighted by molar-refractivity contribution is -0.143. The maximum atomic E-state index is 13.7. The molecule has 0 aliphatic carbocycles. The molecule has 1 unspecified atom stereocenters. The number of halogens is 3. The average Bonchev–Trinajstić information content (AvgIpc) is 2.39. The van der Waals surface area contributed by atoms with E-state index >= 15 is 0 Å². The molecule has 0 bridgehead atoms. The lowest BCUT2D eigenvalue weighted by Crippen LogP contribution is -2.28. The Hall–Kier alpha value is -1.38. The van der Waals surface area contributed by atoms with Crippen molar-refractivity contribution in [1.29, 1.82) is 0 Å². The number of carbonyl (C=O) groups excluding carboxylic acids is 2. The molecule has 108 valence electrons. The third kappa shape index (κ3) is 3.81. The first kappa shape index (κ1) is 16.7. The summed E-state index contributed by atoms with van der Waals surface area (Å²) in [6.07, 6.45) is 1.08. The van der Waals surface area contributed by atoms with Crippen LogP contribution in [0.3, 0.4) is 0 Å². The number of hydrogen-bond donors (Lipinski definition) is 0. The topological polar surface area (TPSA) is 55.7 Å². The van der Waals surface area contributed by atoms with Crippen LogP contribution in [0.1, 0.15) is 17.3 Å². The molecule has 0 heterocycles. The molecule has 0 fully saturated rings. The largest absolute Gasteiger partial charge is 0.465 e. The Morgan fingerprint density at radius 2 is 2.05 bits per heavy atom. The summed E-state index contributed by atoms with van der Waals surface area (Å²) in [5.41, 5.74) is -0.367. The fourth-order valence-corrected chi connectivity index (χ4v) is 1.96. The first-order chi connectivity index (χ1) is 9.42. The predicted molar refractivity (Wildman–Crippen MR) is 77.9 cm³/mol. The molecule has 0 aliphatic heterocycles. The molecule has 0 aliphatic rings. The van der Waals surface area contributed by atoms with Crippen molar-refractivity contribution in [2.45, 2.75) is 6.92 Å². The number of rotatable bonds is 5. The summed E-state index contributed by atoms with van der Waals surface area (Å²) in [4.78, 5) is 27.5. The van der Waals surface area contributed by atoms with E-state index in [4.69, 9.17) is 4.74 Å². The SMILES string of the molecule is CCOC(=O)C(C=NC)C(=O)c1cc(I)c(F)cc1F. The van der Waals surface area contributed by atoms with Crippen molar-refractivity contribution in [1.82, 2.24) is 0 Å². The van der Waals surface area contributed by atoms with Gasteiger partial charge in [-0.25, -0.2) is 8.78 Å². The van der Waals surface area contributed by atoms with Crippen LogP contribution in [-0.4, -0.2) is 31.6 Å².